The van der Waals surface area contributed by atoms with Crippen molar-refractivity contribution in [2.75, 3.05) is 26.7 Å². The molecule has 1 saturated heterocycles. The van der Waals surface area contributed by atoms with Gasteiger partial charge in [0.1, 0.15) is 11.6 Å². The number of piperidine rings is 1. The highest BCUT2D eigenvalue weighted by Crippen LogP contribution is 2.18. The van der Waals surface area contributed by atoms with Gasteiger partial charge in [0.05, 0.1) is 0 Å². The Morgan fingerprint density at radius 3 is 2.48 bits per heavy atom. The molecule has 2 amide bonds. The van der Waals surface area contributed by atoms with Crippen LogP contribution >= 0.6 is 0 Å². The lowest BCUT2D eigenvalue weighted by Gasteiger charge is -2.31. The zero-order chi connectivity index (χ0) is 15.2. The van der Waals surface area contributed by atoms with Crippen LogP contribution in [0.5, 0.6) is 5.75 Å². The highest BCUT2D eigenvalue weighted by atomic mass is 19.1. The predicted octanol–water partition coefficient (Wildman–Crippen LogP) is 1.19. The molecule has 0 bridgehead atoms. The maximum absolute atomic E-state index is 12.7. The van der Waals surface area contributed by atoms with Crippen LogP contribution in [-0.4, -0.2) is 43.5 Å². The van der Waals surface area contributed by atoms with Gasteiger partial charge in [-0.15, -0.1) is 0 Å². The lowest BCUT2D eigenvalue weighted by atomic mass is 9.96. The maximum atomic E-state index is 12.7. The van der Waals surface area contributed by atoms with Crippen LogP contribution in [0.4, 0.5) is 4.39 Å². The van der Waals surface area contributed by atoms with E-state index in [4.69, 9.17) is 4.74 Å². The fourth-order valence-electron chi connectivity index (χ4n) is 2.36. The van der Waals surface area contributed by atoms with E-state index in [0.29, 0.717) is 31.7 Å². The molecule has 0 aromatic heterocycles. The summed E-state index contributed by atoms with van der Waals surface area (Å²) in [6, 6.07) is 5.55. The number of hydrogen-bond donors (Lipinski definition) is 1. The minimum Gasteiger partial charge on any atom is -0.484 e. The molecule has 1 N–H and O–H groups in total. The van der Waals surface area contributed by atoms with Crippen molar-refractivity contribution in [3.05, 3.63) is 30.1 Å². The summed E-state index contributed by atoms with van der Waals surface area (Å²) in [5.41, 5.74) is 0. The number of nitrogens with one attached hydrogen (secondary N) is 1. The number of halogens is 1. The Hall–Kier alpha value is -2.11. The standard InChI is InChI=1S/C15H19FN2O3/c1-17-15(20)11-6-8-18(9-7-11)14(19)10-21-13-4-2-12(16)3-5-13/h2-5,11H,6-10H2,1H3,(H,17,20). The van der Waals surface area contributed by atoms with E-state index in [1.54, 1.807) is 11.9 Å². The number of amides is 2. The Morgan fingerprint density at radius 1 is 1.29 bits per heavy atom. The number of likely N-dealkylation sites (tertiary alicyclic amines) is 1. The molecule has 1 aromatic rings. The first-order valence-corrected chi connectivity index (χ1v) is 6.98. The van der Waals surface area contributed by atoms with Gasteiger partial charge in [-0.25, -0.2) is 4.39 Å². The number of ether oxygens (including phenoxy) is 1. The van der Waals surface area contributed by atoms with Gasteiger partial charge in [-0.2, -0.15) is 0 Å². The summed E-state index contributed by atoms with van der Waals surface area (Å²) in [7, 11) is 1.62. The van der Waals surface area contributed by atoms with E-state index in [0.717, 1.165) is 0 Å². The Kier molecular flexibility index (Phi) is 5.14. The number of hydrogen-bond acceptors (Lipinski definition) is 3. The lowest BCUT2D eigenvalue weighted by Crippen LogP contribution is -2.44. The second kappa shape index (κ2) is 7.06. The number of nitrogens with zero attached hydrogens (tertiary/aromatic N) is 1. The second-order valence-electron chi connectivity index (χ2n) is 5.01. The van der Waals surface area contributed by atoms with E-state index in [9.17, 15) is 14.0 Å². The number of rotatable bonds is 4. The normalized spacial score (nSPS) is 15.6. The van der Waals surface area contributed by atoms with Gasteiger partial charge in [0.15, 0.2) is 6.61 Å². The van der Waals surface area contributed by atoms with Crippen LogP contribution in [0.25, 0.3) is 0 Å². The molecule has 0 aliphatic carbocycles. The third-order valence-corrected chi connectivity index (χ3v) is 3.64. The van der Waals surface area contributed by atoms with Gasteiger partial charge in [0, 0.05) is 26.1 Å². The molecule has 114 valence electrons. The van der Waals surface area contributed by atoms with Gasteiger partial charge in [-0.05, 0) is 37.1 Å². The molecule has 1 fully saturated rings. The molecular weight excluding hydrogens is 275 g/mol. The fraction of sp³-hybridized carbons (Fsp3) is 0.467. The molecule has 6 heteroatoms. The third-order valence-electron chi connectivity index (χ3n) is 3.64. The van der Waals surface area contributed by atoms with Crippen molar-refractivity contribution in [1.29, 1.82) is 0 Å². The molecule has 0 atom stereocenters. The minimum atomic E-state index is -0.343. The minimum absolute atomic E-state index is 0.0166. The van der Waals surface area contributed by atoms with Crippen LogP contribution in [0.2, 0.25) is 0 Å². The van der Waals surface area contributed by atoms with E-state index >= 15 is 0 Å². The first kappa shape index (κ1) is 15.3. The molecule has 0 saturated carbocycles. The highest BCUT2D eigenvalue weighted by Gasteiger charge is 2.26. The fourth-order valence-corrected chi connectivity index (χ4v) is 2.36. The lowest BCUT2D eigenvalue weighted by molar-refractivity contribution is -0.137. The predicted molar refractivity (Wildman–Crippen MR) is 75.3 cm³/mol. The number of carbonyl (C=O) groups excluding carboxylic acids is 2. The molecule has 5 nitrogen and oxygen atoms in total. The molecule has 1 heterocycles. The molecule has 0 spiro atoms. The summed E-state index contributed by atoms with van der Waals surface area (Å²) < 4.78 is 18.1. The topological polar surface area (TPSA) is 58.6 Å². The van der Waals surface area contributed by atoms with Crippen molar-refractivity contribution in [2.45, 2.75) is 12.8 Å². The smallest absolute Gasteiger partial charge is 0.260 e. The van der Waals surface area contributed by atoms with Crippen LogP contribution in [0, 0.1) is 11.7 Å². The van der Waals surface area contributed by atoms with Crippen molar-refractivity contribution in [1.82, 2.24) is 10.2 Å². The van der Waals surface area contributed by atoms with Crippen molar-refractivity contribution in [2.24, 2.45) is 5.92 Å². The molecular formula is C15H19FN2O3. The van der Waals surface area contributed by atoms with Crippen molar-refractivity contribution < 1.29 is 18.7 Å². The molecule has 1 aliphatic heterocycles. The maximum Gasteiger partial charge on any atom is 0.260 e. The monoisotopic (exact) mass is 294 g/mol. The number of benzene rings is 1. The first-order chi connectivity index (χ1) is 10.1. The van der Waals surface area contributed by atoms with Crippen LogP contribution in [0.15, 0.2) is 24.3 Å². The Bertz CT molecular complexity index is 496. The van der Waals surface area contributed by atoms with Crippen LogP contribution in [0.3, 0.4) is 0 Å². The van der Waals surface area contributed by atoms with Gasteiger partial charge in [0.2, 0.25) is 5.91 Å². The summed E-state index contributed by atoms with van der Waals surface area (Å²) in [5.74, 6) is 0.0198. The zero-order valence-electron chi connectivity index (χ0n) is 12.0. The molecule has 1 aromatic carbocycles. The Balaban J connectivity index is 1.77. The summed E-state index contributed by atoms with van der Waals surface area (Å²) in [6.45, 7) is 1.05. The van der Waals surface area contributed by atoms with Gasteiger partial charge < -0.3 is 15.0 Å². The van der Waals surface area contributed by atoms with Crippen LogP contribution < -0.4 is 10.1 Å². The van der Waals surface area contributed by atoms with E-state index in [2.05, 4.69) is 5.32 Å². The summed E-state index contributed by atoms with van der Waals surface area (Å²) in [6.07, 6.45) is 1.34. The second-order valence-corrected chi connectivity index (χ2v) is 5.01. The van der Waals surface area contributed by atoms with E-state index < -0.39 is 0 Å². The zero-order valence-corrected chi connectivity index (χ0v) is 12.0. The molecule has 21 heavy (non-hydrogen) atoms. The van der Waals surface area contributed by atoms with Crippen molar-refractivity contribution in [3.8, 4) is 5.75 Å². The molecule has 0 radical (unpaired) electrons. The van der Waals surface area contributed by atoms with Crippen LogP contribution in [0.1, 0.15) is 12.8 Å². The average molecular weight is 294 g/mol. The Labute approximate surface area is 123 Å². The molecule has 2 rings (SSSR count). The summed E-state index contributed by atoms with van der Waals surface area (Å²) in [5, 5.41) is 2.63. The van der Waals surface area contributed by atoms with Gasteiger partial charge >= 0.3 is 0 Å². The highest BCUT2D eigenvalue weighted by molar-refractivity contribution is 5.80. The van der Waals surface area contributed by atoms with E-state index in [-0.39, 0.29) is 30.2 Å². The quantitative estimate of drug-likeness (QED) is 0.907. The largest absolute Gasteiger partial charge is 0.484 e. The molecule has 1 aliphatic rings. The molecule has 0 unspecified atom stereocenters. The van der Waals surface area contributed by atoms with Crippen molar-refractivity contribution in [3.63, 3.8) is 0 Å². The first-order valence-electron chi connectivity index (χ1n) is 6.98. The summed E-state index contributed by atoms with van der Waals surface area (Å²) >= 11 is 0. The van der Waals surface area contributed by atoms with E-state index in [1.807, 2.05) is 0 Å². The SMILES string of the molecule is CNC(=O)C1CCN(C(=O)COc2ccc(F)cc2)CC1. The third kappa shape index (κ3) is 4.18. The van der Waals surface area contributed by atoms with E-state index in [1.165, 1.54) is 24.3 Å². The average Bonchev–Trinajstić information content (AvgIpc) is 2.53. The van der Waals surface area contributed by atoms with Gasteiger partial charge in [-0.3, -0.25) is 9.59 Å². The Morgan fingerprint density at radius 2 is 1.90 bits per heavy atom. The van der Waals surface area contributed by atoms with Crippen molar-refractivity contribution >= 4 is 11.8 Å². The van der Waals surface area contributed by atoms with Crippen LogP contribution in [-0.2, 0) is 9.59 Å². The van der Waals surface area contributed by atoms with Gasteiger partial charge in [-0.1, -0.05) is 0 Å². The number of carbonyl (C=O) groups is 2. The van der Waals surface area contributed by atoms with Gasteiger partial charge in [0.25, 0.3) is 5.91 Å². The summed E-state index contributed by atoms with van der Waals surface area (Å²) in [4.78, 5) is 25.2.